The zero-order chi connectivity index (χ0) is 17.8. The zero-order valence-corrected chi connectivity index (χ0v) is 15.1. The maximum atomic E-state index is 12.3. The van der Waals surface area contributed by atoms with Gasteiger partial charge in [-0.2, -0.15) is 5.10 Å². The fraction of sp³-hybridized carbons (Fsp3) is 0.474. The number of carbonyl (C=O) groups excluding carboxylic acids is 1. The smallest absolute Gasteiger partial charge is 0.315 e. The molecule has 2 amide bonds. The molecule has 0 radical (unpaired) electrons. The third-order valence-electron chi connectivity index (χ3n) is 4.70. The number of amides is 2. The van der Waals surface area contributed by atoms with Crippen LogP contribution in [0.4, 0.5) is 4.79 Å². The van der Waals surface area contributed by atoms with Gasteiger partial charge in [-0.15, -0.1) is 0 Å². The van der Waals surface area contributed by atoms with Crippen molar-refractivity contribution in [2.24, 2.45) is 5.92 Å². The first-order chi connectivity index (χ1) is 12.1. The second-order valence-corrected chi connectivity index (χ2v) is 6.79. The number of nitrogens with zero attached hydrogens (tertiary/aromatic N) is 2. The molecule has 2 N–H and O–H groups in total. The highest BCUT2D eigenvalue weighted by Crippen LogP contribution is 2.36. The number of benzene rings is 1. The molecule has 0 spiro atoms. The summed E-state index contributed by atoms with van der Waals surface area (Å²) in [4.78, 5) is 12.3. The Bertz CT molecular complexity index is 741. The van der Waals surface area contributed by atoms with Crippen LogP contribution in [0.3, 0.4) is 0 Å². The van der Waals surface area contributed by atoms with E-state index in [0.29, 0.717) is 25.6 Å². The number of aryl methyl sites for hydroxylation is 1. The minimum atomic E-state index is -0.143. The molecule has 1 aliphatic rings. The van der Waals surface area contributed by atoms with Crippen molar-refractivity contribution in [3.8, 4) is 0 Å². The highest BCUT2D eigenvalue weighted by Gasteiger charge is 2.30. The van der Waals surface area contributed by atoms with Gasteiger partial charge in [0.1, 0.15) is 0 Å². The second-order valence-electron chi connectivity index (χ2n) is 6.79. The average Bonchev–Trinajstić information content (AvgIpc) is 3.16. The first-order valence-corrected chi connectivity index (χ1v) is 8.71. The van der Waals surface area contributed by atoms with Crippen molar-refractivity contribution < 1.29 is 9.53 Å². The molecule has 134 valence electrons. The average molecular weight is 342 g/mol. The van der Waals surface area contributed by atoms with Gasteiger partial charge in [-0.3, -0.25) is 4.68 Å². The molecule has 0 fully saturated rings. The van der Waals surface area contributed by atoms with Crippen LogP contribution >= 0.6 is 0 Å². The number of aromatic nitrogens is 2. The van der Waals surface area contributed by atoms with Crippen LogP contribution in [-0.4, -0.2) is 29.5 Å². The molecule has 1 aliphatic carbocycles. The van der Waals surface area contributed by atoms with Gasteiger partial charge < -0.3 is 15.4 Å². The van der Waals surface area contributed by atoms with E-state index in [1.165, 1.54) is 16.7 Å². The Labute approximate surface area is 148 Å². The van der Waals surface area contributed by atoms with Crippen molar-refractivity contribution in [3.05, 3.63) is 52.8 Å². The molecule has 2 aromatic rings. The molecular weight excluding hydrogens is 316 g/mol. The van der Waals surface area contributed by atoms with Gasteiger partial charge in [-0.25, -0.2) is 4.79 Å². The lowest BCUT2D eigenvalue weighted by Crippen LogP contribution is -2.38. The first kappa shape index (κ1) is 17.5. The summed E-state index contributed by atoms with van der Waals surface area (Å²) in [6, 6.07) is 6.42. The fourth-order valence-corrected chi connectivity index (χ4v) is 3.36. The summed E-state index contributed by atoms with van der Waals surface area (Å²) in [6.07, 6.45) is 4.70. The summed E-state index contributed by atoms with van der Waals surface area (Å²) in [5.41, 5.74) is 4.78. The molecule has 1 aromatic carbocycles. The molecule has 3 rings (SSSR count). The van der Waals surface area contributed by atoms with E-state index in [9.17, 15) is 4.79 Å². The van der Waals surface area contributed by atoms with Gasteiger partial charge in [0.2, 0.25) is 0 Å². The standard InChI is InChI=1S/C19H26N4O2/c1-13-4-5-16-9-14(2)18(17(16)8-13)22-19(24)20-10-15-11-21-23(12-15)6-7-25-3/h4-5,8,11-12,14,18H,6-7,9-10H2,1-3H3,(H2,20,22,24). The number of carbonyl (C=O) groups is 1. The lowest BCUT2D eigenvalue weighted by atomic mass is 10.0. The van der Waals surface area contributed by atoms with E-state index >= 15 is 0 Å². The maximum absolute atomic E-state index is 12.3. The van der Waals surface area contributed by atoms with Gasteiger partial charge >= 0.3 is 6.03 Å². The van der Waals surface area contributed by atoms with Gasteiger partial charge in [0.05, 0.1) is 25.4 Å². The summed E-state index contributed by atoms with van der Waals surface area (Å²) in [6.45, 7) is 6.05. The number of hydrogen-bond acceptors (Lipinski definition) is 3. The maximum Gasteiger partial charge on any atom is 0.315 e. The van der Waals surface area contributed by atoms with Gasteiger partial charge in [0, 0.05) is 25.4 Å². The summed E-state index contributed by atoms with van der Waals surface area (Å²) < 4.78 is 6.85. The number of hydrogen-bond donors (Lipinski definition) is 2. The van der Waals surface area contributed by atoms with Gasteiger partial charge in [-0.1, -0.05) is 30.7 Å². The van der Waals surface area contributed by atoms with E-state index in [-0.39, 0.29) is 12.1 Å². The first-order valence-electron chi connectivity index (χ1n) is 8.71. The lowest BCUT2D eigenvalue weighted by molar-refractivity contribution is 0.183. The molecule has 2 atom stereocenters. The minimum absolute atomic E-state index is 0.0688. The molecule has 2 unspecified atom stereocenters. The van der Waals surface area contributed by atoms with Gasteiger partial charge in [0.15, 0.2) is 0 Å². The van der Waals surface area contributed by atoms with E-state index < -0.39 is 0 Å². The Kier molecular flexibility index (Phi) is 5.38. The molecule has 0 aliphatic heterocycles. The van der Waals surface area contributed by atoms with E-state index in [1.54, 1.807) is 13.3 Å². The van der Waals surface area contributed by atoms with Gasteiger partial charge in [0.25, 0.3) is 0 Å². The van der Waals surface area contributed by atoms with Crippen LogP contribution in [0.15, 0.2) is 30.6 Å². The third-order valence-corrected chi connectivity index (χ3v) is 4.70. The molecule has 6 heteroatoms. The van der Waals surface area contributed by atoms with Crippen molar-refractivity contribution in [1.29, 1.82) is 0 Å². The Morgan fingerprint density at radius 1 is 1.44 bits per heavy atom. The molecule has 0 saturated carbocycles. The summed E-state index contributed by atoms with van der Waals surface area (Å²) in [5, 5.41) is 10.3. The van der Waals surface area contributed by atoms with Crippen molar-refractivity contribution in [1.82, 2.24) is 20.4 Å². The highest BCUT2D eigenvalue weighted by atomic mass is 16.5. The normalized spacial score (nSPS) is 18.8. The zero-order valence-electron chi connectivity index (χ0n) is 15.1. The van der Waals surface area contributed by atoms with E-state index in [4.69, 9.17) is 4.74 Å². The van der Waals surface area contributed by atoms with Crippen molar-refractivity contribution in [2.45, 2.75) is 39.4 Å². The number of methoxy groups -OCH3 is 1. The van der Waals surface area contributed by atoms with Crippen molar-refractivity contribution in [2.75, 3.05) is 13.7 Å². The number of nitrogens with one attached hydrogen (secondary N) is 2. The summed E-state index contributed by atoms with van der Waals surface area (Å²) in [7, 11) is 1.67. The van der Waals surface area contributed by atoms with Crippen LogP contribution in [0.1, 0.15) is 35.2 Å². The number of ether oxygens (including phenoxy) is 1. The highest BCUT2D eigenvalue weighted by molar-refractivity contribution is 5.74. The van der Waals surface area contributed by atoms with Gasteiger partial charge in [-0.05, 0) is 30.4 Å². The molecule has 0 saturated heterocycles. The van der Waals surface area contributed by atoms with Crippen LogP contribution in [0.5, 0.6) is 0 Å². The van der Waals surface area contributed by atoms with E-state index in [1.807, 2.05) is 10.9 Å². The Morgan fingerprint density at radius 2 is 2.28 bits per heavy atom. The largest absolute Gasteiger partial charge is 0.383 e. The van der Waals surface area contributed by atoms with Crippen LogP contribution in [-0.2, 0) is 24.2 Å². The number of fused-ring (bicyclic) bond motifs is 1. The molecule has 0 bridgehead atoms. The number of rotatable bonds is 6. The van der Waals surface area contributed by atoms with Crippen LogP contribution in [0.25, 0.3) is 0 Å². The summed E-state index contributed by atoms with van der Waals surface area (Å²) >= 11 is 0. The lowest BCUT2D eigenvalue weighted by Gasteiger charge is -2.19. The molecule has 1 heterocycles. The van der Waals surface area contributed by atoms with E-state index in [2.05, 4.69) is 47.8 Å². The molecule has 1 aromatic heterocycles. The Balaban J connectivity index is 1.55. The SMILES string of the molecule is COCCn1cc(CNC(=O)NC2c3cc(C)ccc3CC2C)cn1. The fourth-order valence-electron chi connectivity index (χ4n) is 3.36. The topological polar surface area (TPSA) is 68.2 Å². The molecule has 25 heavy (non-hydrogen) atoms. The molecular formula is C19H26N4O2. The Morgan fingerprint density at radius 3 is 3.08 bits per heavy atom. The molecule has 6 nitrogen and oxygen atoms in total. The predicted octanol–water partition coefficient (Wildman–Crippen LogP) is 2.57. The third kappa shape index (κ3) is 4.20. The monoisotopic (exact) mass is 342 g/mol. The minimum Gasteiger partial charge on any atom is -0.383 e. The van der Waals surface area contributed by atoms with Crippen molar-refractivity contribution >= 4 is 6.03 Å². The predicted molar refractivity (Wildman–Crippen MR) is 96.3 cm³/mol. The number of urea groups is 1. The Hall–Kier alpha value is -2.34. The summed E-state index contributed by atoms with van der Waals surface area (Å²) in [5.74, 6) is 0.402. The van der Waals surface area contributed by atoms with Crippen LogP contribution < -0.4 is 10.6 Å². The van der Waals surface area contributed by atoms with Crippen LogP contribution in [0.2, 0.25) is 0 Å². The second kappa shape index (κ2) is 7.70. The van der Waals surface area contributed by atoms with Crippen LogP contribution in [0, 0.1) is 12.8 Å². The quantitative estimate of drug-likeness (QED) is 0.848. The van der Waals surface area contributed by atoms with Crippen molar-refractivity contribution in [3.63, 3.8) is 0 Å². The van der Waals surface area contributed by atoms with E-state index in [0.717, 1.165) is 12.0 Å².